The minimum absolute atomic E-state index is 0.105. The molecule has 1 aromatic heterocycles. The van der Waals surface area contributed by atoms with Crippen molar-refractivity contribution in [3.8, 4) is 0 Å². The third kappa shape index (κ3) is 2.99. The molecule has 1 fully saturated rings. The van der Waals surface area contributed by atoms with Crippen LogP contribution in [0.5, 0.6) is 0 Å². The highest BCUT2D eigenvalue weighted by atomic mass is 32.1. The van der Waals surface area contributed by atoms with Crippen LogP contribution in [0.2, 0.25) is 0 Å². The van der Waals surface area contributed by atoms with Gasteiger partial charge in [-0.15, -0.1) is 11.3 Å². The average molecular weight is 253 g/mol. The molecular formula is C13H23N3S. The quantitative estimate of drug-likeness (QED) is 0.846. The number of hydrogen-bond donors (Lipinski definition) is 1. The second kappa shape index (κ2) is 5.36. The lowest BCUT2D eigenvalue weighted by Crippen LogP contribution is -2.26. The molecule has 1 saturated carbocycles. The molecule has 4 heteroatoms. The normalized spacial score (nSPS) is 17.2. The van der Waals surface area contributed by atoms with Gasteiger partial charge in [0.1, 0.15) is 0 Å². The molecule has 0 aromatic carbocycles. The summed E-state index contributed by atoms with van der Waals surface area (Å²) in [7, 11) is 0. The maximum atomic E-state index is 5.97. The van der Waals surface area contributed by atoms with Crippen LogP contribution in [0, 0.1) is 6.92 Å². The Morgan fingerprint density at radius 3 is 2.71 bits per heavy atom. The van der Waals surface area contributed by atoms with Gasteiger partial charge in [-0.25, -0.2) is 4.98 Å². The SMILES string of the molecule is CCCCN(c1nc(C)c(C(C)N)s1)C1CC1. The Morgan fingerprint density at radius 2 is 2.24 bits per heavy atom. The van der Waals surface area contributed by atoms with Gasteiger partial charge in [0.2, 0.25) is 0 Å². The summed E-state index contributed by atoms with van der Waals surface area (Å²) in [6, 6.07) is 0.849. The van der Waals surface area contributed by atoms with Crippen LogP contribution in [0.25, 0.3) is 0 Å². The van der Waals surface area contributed by atoms with E-state index in [1.807, 2.05) is 6.92 Å². The number of nitrogens with two attached hydrogens (primary N) is 1. The highest BCUT2D eigenvalue weighted by Gasteiger charge is 2.31. The van der Waals surface area contributed by atoms with Gasteiger partial charge in [-0.1, -0.05) is 13.3 Å². The minimum Gasteiger partial charge on any atom is -0.345 e. The van der Waals surface area contributed by atoms with Gasteiger partial charge >= 0.3 is 0 Å². The van der Waals surface area contributed by atoms with Crippen molar-refractivity contribution in [2.75, 3.05) is 11.4 Å². The molecule has 1 atom stereocenters. The molecule has 1 heterocycles. The number of hydrogen-bond acceptors (Lipinski definition) is 4. The number of aromatic nitrogens is 1. The third-order valence-electron chi connectivity index (χ3n) is 3.22. The maximum Gasteiger partial charge on any atom is 0.186 e. The van der Waals surface area contributed by atoms with E-state index in [2.05, 4.69) is 18.7 Å². The Balaban J connectivity index is 2.14. The number of anilines is 1. The van der Waals surface area contributed by atoms with Crippen molar-refractivity contribution in [3.05, 3.63) is 10.6 Å². The van der Waals surface area contributed by atoms with E-state index in [-0.39, 0.29) is 6.04 Å². The van der Waals surface area contributed by atoms with Gasteiger partial charge in [0, 0.05) is 23.5 Å². The van der Waals surface area contributed by atoms with Gasteiger partial charge < -0.3 is 10.6 Å². The molecular weight excluding hydrogens is 230 g/mol. The minimum atomic E-state index is 0.105. The van der Waals surface area contributed by atoms with E-state index in [1.165, 1.54) is 35.7 Å². The Bertz CT molecular complexity index is 369. The first kappa shape index (κ1) is 12.8. The van der Waals surface area contributed by atoms with Crippen LogP contribution in [0.1, 0.15) is 56.1 Å². The first-order chi connectivity index (χ1) is 8.13. The molecule has 1 aliphatic carbocycles. The molecule has 3 nitrogen and oxygen atoms in total. The highest BCUT2D eigenvalue weighted by molar-refractivity contribution is 7.15. The number of rotatable bonds is 6. The van der Waals surface area contributed by atoms with Crippen LogP contribution >= 0.6 is 11.3 Å². The lowest BCUT2D eigenvalue weighted by Gasteiger charge is -2.20. The zero-order valence-corrected chi connectivity index (χ0v) is 11.9. The Morgan fingerprint density at radius 1 is 1.53 bits per heavy atom. The average Bonchev–Trinajstić information content (AvgIpc) is 3.02. The fourth-order valence-electron chi connectivity index (χ4n) is 2.09. The van der Waals surface area contributed by atoms with Gasteiger partial charge in [-0.3, -0.25) is 0 Å². The predicted molar refractivity (Wildman–Crippen MR) is 74.7 cm³/mol. The summed E-state index contributed by atoms with van der Waals surface area (Å²) in [5.74, 6) is 0. The standard InChI is InChI=1S/C13H23N3S/c1-4-5-8-16(11-6-7-11)13-15-10(3)12(17-13)9(2)14/h9,11H,4-8,14H2,1-3H3. The van der Waals surface area contributed by atoms with E-state index in [4.69, 9.17) is 10.7 Å². The van der Waals surface area contributed by atoms with E-state index in [1.54, 1.807) is 11.3 Å². The highest BCUT2D eigenvalue weighted by Crippen LogP contribution is 2.36. The zero-order valence-electron chi connectivity index (χ0n) is 11.1. The fourth-order valence-corrected chi connectivity index (χ4v) is 3.20. The molecule has 1 aromatic rings. The lowest BCUT2D eigenvalue weighted by atomic mass is 10.2. The van der Waals surface area contributed by atoms with Crippen LogP contribution in [0.3, 0.4) is 0 Å². The molecule has 1 aliphatic rings. The fraction of sp³-hybridized carbons (Fsp3) is 0.769. The maximum absolute atomic E-state index is 5.97. The molecule has 96 valence electrons. The second-order valence-corrected chi connectivity index (χ2v) is 6.02. The van der Waals surface area contributed by atoms with Gasteiger partial charge in [-0.2, -0.15) is 0 Å². The molecule has 0 saturated heterocycles. The summed E-state index contributed by atoms with van der Waals surface area (Å²) in [5, 5.41) is 1.19. The molecule has 1 unspecified atom stereocenters. The van der Waals surface area contributed by atoms with Gasteiger partial charge in [0.25, 0.3) is 0 Å². The smallest absolute Gasteiger partial charge is 0.186 e. The van der Waals surface area contributed by atoms with E-state index in [0.717, 1.165) is 18.3 Å². The molecule has 0 amide bonds. The molecule has 2 N–H and O–H groups in total. The molecule has 0 bridgehead atoms. The zero-order chi connectivity index (χ0) is 12.4. The summed E-state index contributed by atoms with van der Waals surface area (Å²) in [6.45, 7) is 7.50. The van der Waals surface area contributed by atoms with Crippen LogP contribution in [0.4, 0.5) is 5.13 Å². The van der Waals surface area contributed by atoms with Crippen LogP contribution < -0.4 is 10.6 Å². The van der Waals surface area contributed by atoms with Crippen molar-refractivity contribution in [2.45, 2.75) is 58.5 Å². The van der Waals surface area contributed by atoms with Crippen LogP contribution in [-0.2, 0) is 0 Å². The van der Waals surface area contributed by atoms with Crippen LogP contribution in [0.15, 0.2) is 0 Å². The van der Waals surface area contributed by atoms with E-state index < -0.39 is 0 Å². The van der Waals surface area contributed by atoms with Crippen LogP contribution in [-0.4, -0.2) is 17.6 Å². The first-order valence-corrected chi connectivity index (χ1v) is 7.44. The summed E-state index contributed by atoms with van der Waals surface area (Å²) >= 11 is 1.78. The first-order valence-electron chi connectivity index (χ1n) is 6.63. The predicted octanol–water partition coefficient (Wildman–Crippen LogP) is 3.24. The molecule has 0 spiro atoms. The second-order valence-electron chi connectivity index (χ2n) is 5.01. The van der Waals surface area contributed by atoms with Crippen molar-refractivity contribution >= 4 is 16.5 Å². The lowest BCUT2D eigenvalue weighted by molar-refractivity contribution is 0.710. The molecule has 2 rings (SSSR count). The summed E-state index contributed by atoms with van der Waals surface area (Å²) in [5.41, 5.74) is 7.08. The monoisotopic (exact) mass is 253 g/mol. The molecule has 17 heavy (non-hydrogen) atoms. The van der Waals surface area contributed by atoms with E-state index in [0.29, 0.717) is 0 Å². The molecule has 0 aliphatic heterocycles. The summed E-state index contributed by atoms with van der Waals surface area (Å²) in [4.78, 5) is 8.44. The van der Waals surface area contributed by atoms with Gasteiger partial charge in [0.15, 0.2) is 5.13 Å². The van der Waals surface area contributed by atoms with Gasteiger partial charge in [-0.05, 0) is 33.1 Å². The van der Waals surface area contributed by atoms with Crippen molar-refractivity contribution in [1.29, 1.82) is 0 Å². The third-order valence-corrected chi connectivity index (χ3v) is 4.62. The number of unbranched alkanes of at least 4 members (excludes halogenated alkanes) is 1. The Labute approximate surface area is 108 Å². The topological polar surface area (TPSA) is 42.2 Å². The molecule has 0 radical (unpaired) electrons. The number of nitrogens with zero attached hydrogens (tertiary/aromatic N) is 2. The Kier molecular flexibility index (Phi) is 4.05. The number of aryl methyl sites for hydroxylation is 1. The Hall–Kier alpha value is -0.610. The van der Waals surface area contributed by atoms with Crippen molar-refractivity contribution < 1.29 is 0 Å². The summed E-state index contributed by atoms with van der Waals surface area (Å²) in [6.07, 6.45) is 5.15. The van der Waals surface area contributed by atoms with Crippen molar-refractivity contribution in [3.63, 3.8) is 0 Å². The van der Waals surface area contributed by atoms with Gasteiger partial charge in [0.05, 0.1) is 5.69 Å². The summed E-state index contributed by atoms with van der Waals surface area (Å²) < 4.78 is 0. The largest absolute Gasteiger partial charge is 0.345 e. The van der Waals surface area contributed by atoms with E-state index in [9.17, 15) is 0 Å². The van der Waals surface area contributed by atoms with Crippen molar-refractivity contribution in [2.24, 2.45) is 5.73 Å². The van der Waals surface area contributed by atoms with Crippen molar-refractivity contribution in [1.82, 2.24) is 4.98 Å². The van der Waals surface area contributed by atoms with E-state index >= 15 is 0 Å². The number of thiazole rings is 1.